The highest BCUT2D eigenvalue weighted by molar-refractivity contribution is 5.91. The summed E-state index contributed by atoms with van der Waals surface area (Å²) in [7, 11) is 1.87. The second-order valence-corrected chi connectivity index (χ2v) is 11.1. The molecule has 0 saturated heterocycles. The third-order valence-corrected chi connectivity index (χ3v) is 7.72. The number of pyridine rings is 1. The molecule has 3 aromatic heterocycles. The summed E-state index contributed by atoms with van der Waals surface area (Å²) in [6, 6.07) is 24.6. The van der Waals surface area contributed by atoms with Gasteiger partial charge in [-0.15, -0.1) is 0 Å². The molecule has 47 heavy (non-hydrogen) atoms. The quantitative estimate of drug-likeness (QED) is 0.142. The molecule has 2 N–H and O–H groups in total. The number of hydrogen-bond donors (Lipinski definition) is 2. The van der Waals surface area contributed by atoms with Crippen LogP contribution in [0.15, 0.2) is 91.5 Å². The van der Waals surface area contributed by atoms with Crippen LogP contribution in [0.2, 0.25) is 0 Å². The number of aryl methyl sites for hydroxylation is 1. The second-order valence-electron chi connectivity index (χ2n) is 11.1. The van der Waals surface area contributed by atoms with Crippen molar-refractivity contribution < 1.29 is 4.79 Å². The minimum absolute atomic E-state index is 0.106. The summed E-state index contributed by atoms with van der Waals surface area (Å²) in [6.07, 6.45) is 10.1. The Labute approximate surface area is 274 Å². The zero-order chi connectivity index (χ0) is 33.0. The van der Waals surface area contributed by atoms with Gasteiger partial charge < -0.3 is 10.6 Å². The van der Waals surface area contributed by atoms with Gasteiger partial charge in [0.05, 0.1) is 35.3 Å². The zero-order valence-corrected chi connectivity index (χ0v) is 26.5. The molecule has 0 fully saturated rings. The van der Waals surface area contributed by atoms with Crippen LogP contribution in [-0.4, -0.2) is 43.4 Å². The van der Waals surface area contributed by atoms with Crippen LogP contribution in [0.3, 0.4) is 0 Å². The van der Waals surface area contributed by atoms with Crippen molar-refractivity contribution in [2.75, 3.05) is 16.8 Å². The van der Waals surface area contributed by atoms with E-state index < -0.39 is 0 Å². The van der Waals surface area contributed by atoms with Crippen molar-refractivity contribution in [2.45, 2.75) is 45.2 Å². The maximum atomic E-state index is 13.8. The predicted octanol–water partition coefficient (Wildman–Crippen LogP) is 6.46. The van der Waals surface area contributed by atoms with E-state index in [-0.39, 0.29) is 12.1 Å². The summed E-state index contributed by atoms with van der Waals surface area (Å²) in [6.45, 7) is 3.08. The first-order valence-corrected chi connectivity index (χ1v) is 15.6. The summed E-state index contributed by atoms with van der Waals surface area (Å²) in [5.74, 6) is 0.984. The number of nitriles is 2. The largest absolute Gasteiger partial charge is 0.354 e. The molecule has 0 spiro atoms. The van der Waals surface area contributed by atoms with Crippen LogP contribution in [-0.2, 0) is 13.6 Å². The molecule has 11 heteroatoms. The van der Waals surface area contributed by atoms with Crippen molar-refractivity contribution in [3.63, 3.8) is 0 Å². The SMILES string of the molecule is CCC[C@@H](CCCNc1ncc(C#N)c(-c2ccc(C#N)cc2)n1)N(C(=O)NCc1ccccc1)c1ccc(-c2cnn(C)c2)cn1. The van der Waals surface area contributed by atoms with E-state index in [2.05, 4.69) is 44.8 Å². The summed E-state index contributed by atoms with van der Waals surface area (Å²) in [4.78, 5) is 29.2. The van der Waals surface area contributed by atoms with Crippen molar-refractivity contribution in [1.82, 2.24) is 30.0 Å². The monoisotopic (exact) mass is 624 g/mol. The molecule has 5 rings (SSSR count). The minimum atomic E-state index is -0.204. The molecular weight excluding hydrogens is 588 g/mol. The Hall–Kier alpha value is -6.07. The molecule has 236 valence electrons. The molecule has 11 nitrogen and oxygen atoms in total. The average molecular weight is 625 g/mol. The van der Waals surface area contributed by atoms with Gasteiger partial charge >= 0.3 is 6.03 Å². The van der Waals surface area contributed by atoms with Gasteiger partial charge in [-0.05, 0) is 49.1 Å². The van der Waals surface area contributed by atoms with Gasteiger partial charge in [-0.2, -0.15) is 15.6 Å². The van der Waals surface area contributed by atoms with Gasteiger partial charge in [0, 0.05) is 55.3 Å². The third kappa shape index (κ3) is 8.35. The van der Waals surface area contributed by atoms with Gasteiger partial charge in [-0.1, -0.05) is 55.8 Å². The molecule has 0 bridgehead atoms. The van der Waals surface area contributed by atoms with Gasteiger partial charge in [0.1, 0.15) is 11.9 Å². The smallest absolute Gasteiger partial charge is 0.323 e. The molecular formula is C36H36N10O. The number of anilines is 2. The van der Waals surface area contributed by atoms with Crippen molar-refractivity contribution in [3.05, 3.63) is 108 Å². The van der Waals surface area contributed by atoms with E-state index in [1.54, 1.807) is 46.2 Å². The number of benzene rings is 2. The van der Waals surface area contributed by atoms with Crippen LogP contribution < -0.4 is 15.5 Å². The Kier molecular flexibility index (Phi) is 10.9. The van der Waals surface area contributed by atoms with Crippen LogP contribution in [0.1, 0.15) is 49.3 Å². The van der Waals surface area contributed by atoms with Crippen molar-refractivity contribution in [3.8, 4) is 34.5 Å². The van der Waals surface area contributed by atoms with Crippen LogP contribution >= 0.6 is 0 Å². The maximum Gasteiger partial charge on any atom is 0.323 e. The molecule has 0 saturated carbocycles. The Morgan fingerprint density at radius 1 is 0.915 bits per heavy atom. The highest BCUT2D eigenvalue weighted by atomic mass is 16.2. The molecule has 0 unspecified atom stereocenters. The molecule has 2 aromatic carbocycles. The van der Waals surface area contributed by atoms with Gasteiger partial charge in [0.25, 0.3) is 0 Å². The number of aromatic nitrogens is 5. The summed E-state index contributed by atoms with van der Waals surface area (Å²) >= 11 is 0. The van der Waals surface area contributed by atoms with E-state index in [1.807, 2.05) is 55.7 Å². The Morgan fingerprint density at radius 3 is 2.36 bits per heavy atom. The van der Waals surface area contributed by atoms with Gasteiger partial charge in [0.2, 0.25) is 5.95 Å². The predicted molar refractivity (Wildman–Crippen MR) is 181 cm³/mol. The molecule has 1 atom stereocenters. The van der Waals surface area contributed by atoms with Gasteiger partial charge in [0.15, 0.2) is 0 Å². The molecule has 0 aliphatic carbocycles. The molecule has 5 aromatic rings. The topological polar surface area (TPSA) is 148 Å². The van der Waals surface area contributed by atoms with E-state index in [0.29, 0.717) is 48.1 Å². The number of carbonyl (C=O) groups excluding carboxylic acids is 1. The van der Waals surface area contributed by atoms with Crippen LogP contribution in [0.25, 0.3) is 22.4 Å². The lowest BCUT2D eigenvalue weighted by atomic mass is 10.0. The molecule has 3 heterocycles. The number of nitrogens with one attached hydrogen (secondary N) is 2. The number of urea groups is 1. The van der Waals surface area contributed by atoms with E-state index in [9.17, 15) is 10.1 Å². The average Bonchev–Trinajstić information content (AvgIpc) is 3.56. The number of hydrogen-bond acceptors (Lipinski definition) is 8. The van der Waals surface area contributed by atoms with E-state index >= 15 is 0 Å². The first-order valence-electron chi connectivity index (χ1n) is 15.6. The highest BCUT2D eigenvalue weighted by Gasteiger charge is 2.26. The van der Waals surface area contributed by atoms with E-state index in [4.69, 9.17) is 10.2 Å². The fraction of sp³-hybridized carbons (Fsp3) is 0.250. The minimum Gasteiger partial charge on any atom is -0.354 e. The summed E-state index contributed by atoms with van der Waals surface area (Å²) in [5, 5.41) is 29.4. The maximum absolute atomic E-state index is 13.8. The summed E-state index contributed by atoms with van der Waals surface area (Å²) < 4.78 is 1.74. The lowest BCUT2D eigenvalue weighted by Gasteiger charge is -2.31. The Morgan fingerprint density at radius 2 is 1.70 bits per heavy atom. The van der Waals surface area contributed by atoms with Crippen molar-refractivity contribution >= 4 is 17.8 Å². The highest BCUT2D eigenvalue weighted by Crippen LogP contribution is 2.26. The lowest BCUT2D eigenvalue weighted by molar-refractivity contribution is 0.242. The van der Waals surface area contributed by atoms with Crippen LogP contribution in [0.4, 0.5) is 16.6 Å². The fourth-order valence-electron chi connectivity index (χ4n) is 5.33. The van der Waals surface area contributed by atoms with Gasteiger partial charge in [-0.25, -0.2) is 19.7 Å². The number of rotatable bonds is 13. The van der Waals surface area contributed by atoms with Crippen molar-refractivity contribution in [1.29, 1.82) is 10.5 Å². The standard InChI is InChI=1S/C36H36N10O/c1-3-8-32(11-7-18-39-35-41-23-30(20-38)34(44-35)28-14-12-26(19-37)13-15-28)46(36(47)42-21-27-9-5-4-6-10-27)33-17-16-29(22-40-33)31-24-43-45(2)25-31/h4-6,9-10,12-17,22-25,32H,3,7-8,11,18,21H2,1-2H3,(H,42,47)(H,39,41,44)/t32-/m0/s1. The van der Waals surface area contributed by atoms with Crippen LogP contribution in [0.5, 0.6) is 0 Å². The Bertz CT molecular complexity index is 1860. The zero-order valence-electron chi connectivity index (χ0n) is 26.5. The number of carbonyl (C=O) groups is 1. The summed E-state index contributed by atoms with van der Waals surface area (Å²) in [5.41, 5.74) is 5.00. The Balaban J connectivity index is 1.30. The fourth-order valence-corrected chi connectivity index (χ4v) is 5.33. The van der Waals surface area contributed by atoms with Crippen molar-refractivity contribution in [2.24, 2.45) is 7.05 Å². The number of amides is 2. The molecule has 0 aliphatic heterocycles. The normalized spacial score (nSPS) is 11.2. The molecule has 0 aliphatic rings. The molecule has 2 amide bonds. The third-order valence-electron chi connectivity index (χ3n) is 7.72. The first-order chi connectivity index (χ1) is 23.0. The first kappa shape index (κ1) is 32.3. The van der Waals surface area contributed by atoms with Gasteiger partial charge in [-0.3, -0.25) is 9.58 Å². The van der Waals surface area contributed by atoms with E-state index in [1.165, 1.54) is 6.20 Å². The lowest BCUT2D eigenvalue weighted by Crippen LogP contribution is -2.47. The molecule has 0 radical (unpaired) electrons. The van der Waals surface area contributed by atoms with Crippen LogP contribution in [0, 0.1) is 22.7 Å². The van der Waals surface area contributed by atoms with E-state index in [0.717, 1.165) is 41.5 Å². The number of nitrogens with zero attached hydrogens (tertiary/aromatic N) is 8. The second kappa shape index (κ2) is 15.8.